The highest BCUT2D eigenvalue weighted by molar-refractivity contribution is 5.29. The van der Waals surface area contributed by atoms with Crippen LogP contribution in [0, 0.1) is 17.0 Å². The van der Waals surface area contributed by atoms with Gasteiger partial charge in [0.15, 0.2) is 17.4 Å². The zero-order valence-electron chi connectivity index (χ0n) is 12.0. The Bertz CT molecular complexity index is 448. The molecule has 1 aromatic carbocycles. The molecule has 0 unspecified atom stereocenters. The lowest BCUT2D eigenvalue weighted by molar-refractivity contribution is 0.137. The van der Waals surface area contributed by atoms with Crippen molar-refractivity contribution < 1.29 is 13.9 Å². The molecular formula is C15H22F2N2O. The second-order valence-corrected chi connectivity index (χ2v) is 6.13. The third-order valence-corrected chi connectivity index (χ3v) is 4.15. The molecule has 0 atom stereocenters. The second kappa shape index (κ2) is 6.06. The number of nitrogens with one attached hydrogen (secondary N) is 1. The van der Waals surface area contributed by atoms with E-state index in [-0.39, 0.29) is 5.41 Å². The Morgan fingerprint density at radius 1 is 1.25 bits per heavy atom. The van der Waals surface area contributed by atoms with Gasteiger partial charge in [-0.15, -0.1) is 0 Å². The first-order valence-electron chi connectivity index (χ1n) is 6.96. The van der Waals surface area contributed by atoms with Crippen molar-refractivity contribution in [2.24, 2.45) is 5.41 Å². The van der Waals surface area contributed by atoms with Crippen LogP contribution in [0.15, 0.2) is 12.1 Å². The van der Waals surface area contributed by atoms with Crippen LogP contribution in [-0.2, 0) is 6.54 Å². The van der Waals surface area contributed by atoms with Crippen LogP contribution in [-0.4, -0.2) is 36.7 Å². The van der Waals surface area contributed by atoms with E-state index in [4.69, 9.17) is 5.11 Å². The highest BCUT2D eigenvalue weighted by atomic mass is 19.1. The minimum absolute atomic E-state index is 0.237. The monoisotopic (exact) mass is 284 g/mol. The lowest BCUT2D eigenvalue weighted by Crippen LogP contribution is -2.41. The molecule has 0 aromatic heterocycles. The highest BCUT2D eigenvalue weighted by Gasteiger charge is 2.28. The number of phenolic OH excluding ortho intramolecular Hbond substituents is 1. The summed E-state index contributed by atoms with van der Waals surface area (Å²) < 4.78 is 26.4. The van der Waals surface area contributed by atoms with E-state index in [0.29, 0.717) is 12.1 Å². The van der Waals surface area contributed by atoms with E-state index < -0.39 is 17.4 Å². The van der Waals surface area contributed by atoms with Crippen molar-refractivity contribution >= 4 is 0 Å². The Morgan fingerprint density at radius 3 is 2.35 bits per heavy atom. The van der Waals surface area contributed by atoms with Crippen molar-refractivity contribution in [1.29, 1.82) is 0 Å². The van der Waals surface area contributed by atoms with E-state index in [9.17, 15) is 8.78 Å². The van der Waals surface area contributed by atoms with Gasteiger partial charge >= 0.3 is 0 Å². The number of likely N-dealkylation sites (tertiary alicyclic amines) is 1. The molecule has 112 valence electrons. The van der Waals surface area contributed by atoms with Gasteiger partial charge in [-0.05, 0) is 56.1 Å². The van der Waals surface area contributed by atoms with Crippen molar-refractivity contribution in [3.63, 3.8) is 0 Å². The fourth-order valence-corrected chi connectivity index (χ4v) is 2.56. The number of piperidine rings is 1. The number of hydrogen-bond acceptors (Lipinski definition) is 3. The standard InChI is InChI=1S/C15H22F2N2O/c1-15(3-5-19(2)6-4-15)10-18-9-11-7-12(16)14(20)13(17)8-11/h7-8,18,20H,3-6,9-10H2,1-2H3. The predicted octanol–water partition coefficient (Wildman–Crippen LogP) is 2.49. The van der Waals surface area contributed by atoms with Gasteiger partial charge in [-0.3, -0.25) is 0 Å². The zero-order valence-corrected chi connectivity index (χ0v) is 12.0. The van der Waals surface area contributed by atoms with Crippen molar-refractivity contribution in [3.05, 3.63) is 29.3 Å². The molecule has 0 amide bonds. The summed E-state index contributed by atoms with van der Waals surface area (Å²) in [7, 11) is 2.12. The quantitative estimate of drug-likeness (QED) is 0.891. The first-order chi connectivity index (χ1) is 9.39. The maximum atomic E-state index is 13.2. The summed E-state index contributed by atoms with van der Waals surface area (Å²) in [6, 6.07) is 2.34. The molecule has 2 rings (SSSR count). The van der Waals surface area contributed by atoms with Crippen molar-refractivity contribution in [2.75, 3.05) is 26.7 Å². The summed E-state index contributed by atoms with van der Waals surface area (Å²) in [6.45, 7) is 5.64. The van der Waals surface area contributed by atoms with Crippen LogP contribution in [0.25, 0.3) is 0 Å². The number of hydrogen-bond donors (Lipinski definition) is 2. The lowest BCUT2D eigenvalue weighted by atomic mass is 9.80. The molecule has 1 saturated heterocycles. The fourth-order valence-electron chi connectivity index (χ4n) is 2.56. The molecule has 0 bridgehead atoms. The Hall–Kier alpha value is -1.20. The molecule has 20 heavy (non-hydrogen) atoms. The first-order valence-corrected chi connectivity index (χ1v) is 6.96. The Balaban J connectivity index is 1.87. The molecule has 1 aromatic rings. The van der Waals surface area contributed by atoms with E-state index in [2.05, 4.69) is 24.2 Å². The molecule has 0 aliphatic carbocycles. The van der Waals surface area contributed by atoms with Crippen LogP contribution in [0.3, 0.4) is 0 Å². The molecule has 2 N–H and O–H groups in total. The van der Waals surface area contributed by atoms with Gasteiger partial charge in [0.2, 0.25) is 0 Å². The fraction of sp³-hybridized carbons (Fsp3) is 0.600. The van der Waals surface area contributed by atoms with E-state index >= 15 is 0 Å². The molecule has 0 saturated carbocycles. The molecule has 0 radical (unpaired) electrons. The highest BCUT2D eigenvalue weighted by Crippen LogP contribution is 2.29. The van der Waals surface area contributed by atoms with Crippen molar-refractivity contribution in [2.45, 2.75) is 26.3 Å². The molecule has 3 nitrogen and oxygen atoms in total. The number of halogens is 2. The SMILES string of the molecule is CN1CCC(C)(CNCc2cc(F)c(O)c(F)c2)CC1. The molecule has 0 spiro atoms. The van der Waals surface area contributed by atoms with Gasteiger partial charge in [0.05, 0.1) is 0 Å². The van der Waals surface area contributed by atoms with Crippen LogP contribution in [0.4, 0.5) is 8.78 Å². The summed E-state index contributed by atoms with van der Waals surface area (Å²) in [6.07, 6.45) is 2.24. The van der Waals surface area contributed by atoms with Crippen LogP contribution in [0.2, 0.25) is 0 Å². The van der Waals surface area contributed by atoms with Crippen molar-refractivity contribution in [3.8, 4) is 5.75 Å². The number of aromatic hydroxyl groups is 1. The molecule has 5 heteroatoms. The van der Waals surface area contributed by atoms with E-state index in [1.54, 1.807) is 0 Å². The van der Waals surface area contributed by atoms with Gasteiger partial charge in [-0.1, -0.05) is 6.92 Å². The van der Waals surface area contributed by atoms with Gasteiger partial charge in [0.1, 0.15) is 0 Å². The Kier molecular flexibility index (Phi) is 4.60. The van der Waals surface area contributed by atoms with E-state index in [0.717, 1.165) is 32.5 Å². The van der Waals surface area contributed by atoms with Crippen LogP contribution < -0.4 is 5.32 Å². The van der Waals surface area contributed by atoms with E-state index in [1.807, 2.05) is 0 Å². The molecule has 1 heterocycles. The Labute approximate surface area is 118 Å². The summed E-state index contributed by atoms with van der Waals surface area (Å²) >= 11 is 0. The topological polar surface area (TPSA) is 35.5 Å². The number of benzene rings is 1. The summed E-state index contributed by atoms with van der Waals surface area (Å²) in [4.78, 5) is 2.31. The minimum Gasteiger partial charge on any atom is -0.503 e. The average molecular weight is 284 g/mol. The Morgan fingerprint density at radius 2 is 1.80 bits per heavy atom. The van der Waals surface area contributed by atoms with Crippen molar-refractivity contribution in [1.82, 2.24) is 10.2 Å². The van der Waals surface area contributed by atoms with Crippen LogP contribution >= 0.6 is 0 Å². The van der Waals surface area contributed by atoms with Crippen LogP contribution in [0.5, 0.6) is 5.75 Å². The number of nitrogens with zero attached hydrogens (tertiary/aromatic N) is 1. The average Bonchev–Trinajstić information content (AvgIpc) is 2.40. The zero-order chi connectivity index (χ0) is 14.8. The lowest BCUT2D eigenvalue weighted by Gasteiger charge is -2.38. The van der Waals surface area contributed by atoms with Crippen LogP contribution in [0.1, 0.15) is 25.3 Å². The minimum atomic E-state index is -0.910. The maximum Gasteiger partial charge on any atom is 0.187 e. The summed E-state index contributed by atoms with van der Waals surface area (Å²) in [5.74, 6) is -2.73. The third kappa shape index (κ3) is 3.67. The first kappa shape index (κ1) is 15.2. The normalized spacial score (nSPS) is 19.2. The molecule has 1 fully saturated rings. The number of rotatable bonds is 4. The molecule has 1 aliphatic rings. The largest absolute Gasteiger partial charge is 0.503 e. The molecular weight excluding hydrogens is 262 g/mol. The summed E-state index contributed by atoms with van der Waals surface area (Å²) in [5.41, 5.74) is 0.745. The smallest absolute Gasteiger partial charge is 0.187 e. The summed E-state index contributed by atoms with van der Waals surface area (Å²) in [5, 5.41) is 12.3. The van der Waals surface area contributed by atoms with E-state index in [1.165, 1.54) is 12.1 Å². The van der Waals surface area contributed by atoms with Gasteiger partial charge < -0.3 is 15.3 Å². The molecule has 1 aliphatic heterocycles. The van der Waals surface area contributed by atoms with Gasteiger partial charge in [0, 0.05) is 13.1 Å². The number of phenols is 1. The van der Waals surface area contributed by atoms with Gasteiger partial charge in [0.25, 0.3) is 0 Å². The van der Waals surface area contributed by atoms with Gasteiger partial charge in [-0.25, -0.2) is 8.78 Å². The predicted molar refractivity (Wildman–Crippen MR) is 74.6 cm³/mol. The second-order valence-electron chi connectivity index (χ2n) is 6.13. The third-order valence-electron chi connectivity index (χ3n) is 4.15. The van der Waals surface area contributed by atoms with Gasteiger partial charge in [-0.2, -0.15) is 0 Å². The maximum absolute atomic E-state index is 13.2.